The van der Waals surface area contributed by atoms with Gasteiger partial charge in [-0.15, -0.1) is 11.3 Å². The summed E-state index contributed by atoms with van der Waals surface area (Å²) in [5.41, 5.74) is 5.83. The third kappa shape index (κ3) is 4.09. The molecule has 1 N–H and O–H groups in total. The Balaban J connectivity index is 1.39. The molecule has 1 saturated heterocycles. The number of carbonyl (C=O) groups excluding carboxylic acids is 1. The van der Waals surface area contributed by atoms with Crippen LogP contribution in [0.25, 0.3) is 11.3 Å². The fourth-order valence-electron chi connectivity index (χ4n) is 3.51. The zero-order valence-corrected chi connectivity index (χ0v) is 16.2. The number of nitrogens with zero attached hydrogens (tertiary/aromatic N) is 4. The Labute approximate surface area is 162 Å². The molecule has 1 aromatic carbocycles. The summed E-state index contributed by atoms with van der Waals surface area (Å²) >= 11 is 1.58. The summed E-state index contributed by atoms with van der Waals surface area (Å²) in [5, 5.41) is 9.42. The van der Waals surface area contributed by atoms with Gasteiger partial charge in [-0.05, 0) is 38.4 Å². The molecule has 0 radical (unpaired) electrons. The first kappa shape index (κ1) is 17.9. The zero-order valence-electron chi connectivity index (χ0n) is 15.3. The molecule has 7 heteroatoms. The van der Waals surface area contributed by atoms with E-state index in [1.54, 1.807) is 11.3 Å². The molecule has 3 heterocycles. The second-order valence-corrected chi connectivity index (χ2v) is 7.49. The fraction of sp³-hybridized carbons (Fsp3) is 0.350. The van der Waals surface area contributed by atoms with Gasteiger partial charge in [0.05, 0.1) is 23.4 Å². The topological polar surface area (TPSA) is 63.1 Å². The third-order valence-electron chi connectivity index (χ3n) is 4.94. The highest BCUT2D eigenvalue weighted by Gasteiger charge is 2.30. The van der Waals surface area contributed by atoms with Gasteiger partial charge in [-0.1, -0.05) is 12.1 Å². The number of likely N-dealkylation sites (tertiary alicyclic amines) is 1. The molecule has 1 atom stereocenters. The van der Waals surface area contributed by atoms with Crippen LogP contribution in [0.15, 0.2) is 47.5 Å². The normalized spacial score (nSPS) is 17.3. The first-order valence-electron chi connectivity index (χ1n) is 9.28. The van der Waals surface area contributed by atoms with Crippen LogP contribution < -0.4 is 5.32 Å². The number of aromatic nitrogens is 3. The van der Waals surface area contributed by atoms with E-state index in [1.807, 2.05) is 46.0 Å². The Morgan fingerprint density at radius 1 is 1.33 bits per heavy atom. The SMILES string of the molecule is CCn1cc(CN2CCCC2C(=O)Nc2ccc(-c3cscn3)cc2)cn1. The van der Waals surface area contributed by atoms with Crippen LogP contribution in [0.1, 0.15) is 25.3 Å². The van der Waals surface area contributed by atoms with Crippen molar-refractivity contribution in [3.63, 3.8) is 0 Å². The molecule has 140 valence electrons. The van der Waals surface area contributed by atoms with Crippen molar-refractivity contribution in [3.05, 3.63) is 53.1 Å². The second kappa shape index (κ2) is 8.02. The molecular formula is C20H23N5OS. The number of aryl methyl sites for hydroxylation is 1. The van der Waals surface area contributed by atoms with E-state index in [-0.39, 0.29) is 11.9 Å². The molecule has 1 aliphatic rings. The van der Waals surface area contributed by atoms with E-state index in [9.17, 15) is 4.79 Å². The molecule has 0 bridgehead atoms. The van der Waals surface area contributed by atoms with E-state index in [1.165, 1.54) is 0 Å². The Kier molecular flexibility index (Phi) is 5.31. The van der Waals surface area contributed by atoms with Crippen molar-refractivity contribution < 1.29 is 4.79 Å². The lowest BCUT2D eigenvalue weighted by Crippen LogP contribution is -2.39. The predicted molar refractivity (Wildman–Crippen MR) is 108 cm³/mol. The highest BCUT2D eigenvalue weighted by molar-refractivity contribution is 7.07. The molecule has 3 aromatic rings. The molecular weight excluding hydrogens is 358 g/mol. The number of rotatable bonds is 6. The number of thiazole rings is 1. The Bertz CT molecular complexity index is 888. The Morgan fingerprint density at radius 3 is 2.89 bits per heavy atom. The number of nitrogens with one attached hydrogen (secondary N) is 1. The molecule has 2 aromatic heterocycles. The highest BCUT2D eigenvalue weighted by Crippen LogP contribution is 2.24. The van der Waals surface area contributed by atoms with Gasteiger partial charge in [0.15, 0.2) is 0 Å². The maximum absolute atomic E-state index is 12.8. The van der Waals surface area contributed by atoms with E-state index in [4.69, 9.17) is 0 Å². The average molecular weight is 382 g/mol. The van der Waals surface area contributed by atoms with E-state index < -0.39 is 0 Å². The molecule has 1 unspecified atom stereocenters. The highest BCUT2D eigenvalue weighted by atomic mass is 32.1. The lowest BCUT2D eigenvalue weighted by molar-refractivity contribution is -0.120. The maximum Gasteiger partial charge on any atom is 0.241 e. The first-order valence-corrected chi connectivity index (χ1v) is 10.2. The van der Waals surface area contributed by atoms with Gasteiger partial charge >= 0.3 is 0 Å². The van der Waals surface area contributed by atoms with Crippen molar-refractivity contribution in [1.82, 2.24) is 19.7 Å². The number of amides is 1. The van der Waals surface area contributed by atoms with Gasteiger partial charge in [0.25, 0.3) is 0 Å². The van der Waals surface area contributed by atoms with Gasteiger partial charge in [-0.3, -0.25) is 14.4 Å². The standard InChI is InChI=1S/C20H23N5OS/c1-2-25-12-15(10-22-25)11-24-9-3-4-19(24)20(26)23-17-7-5-16(6-8-17)18-13-27-14-21-18/h5-8,10,12-14,19H,2-4,9,11H2,1H3,(H,23,26). The van der Waals surface area contributed by atoms with E-state index in [0.717, 1.165) is 55.0 Å². The largest absolute Gasteiger partial charge is 0.325 e. The Morgan fingerprint density at radius 2 is 2.19 bits per heavy atom. The van der Waals surface area contributed by atoms with Crippen LogP contribution in [0.5, 0.6) is 0 Å². The smallest absolute Gasteiger partial charge is 0.241 e. The maximum atomic E-state index is 12.8. The summed E-state index contributed by atoms with van der Waals surface area (Å²) in [6.07, 6.45) is 5.89. The molecule has 1 amide bonds. The number of anilines is 1. The molecule has 0 saturated carbocycles. The van der Waals surface area contributed by atoms with Crippen LogP contribution in [0.3, 0.4) is 0 Å². The van der Waals surface area contributed by atoms with Crippen LogP contribution in [0.2, 0.25) is 0 Å². The van der Waals surface area contributed by atoms with Crippen molar-refractivity contribution in [2.24, 2.45) is 0 Å². The zero-order chi connectivity index (χ0) is 18.6. The number of benzene rings is 1. The summed E-state index contributed by atoms with van der Waals surface area (Å²) in [4.78, 5) is 19.4. The summed E-state index contributed by atoms with van der Waals surface area (Å²) in [7, 11) is 0. The summed E-state index contributed by atoms with van der Waals surface area (Å²) in [5.74, 6) is 0.0665. The lowest BCUT2D eigenvalue weighted by atomic mass is 10.1. The Hall–Kier alpha value is -2.51. The van der Waals surface area contributed by atoms with Crippen LogP contribution in [-0.2, 0) is 17.9 Å². The minimum Gasteiger partial charge on any atom is -0.325 e. The van der Waals surface area contributed by atoms with Gasteiger partial charge in [0.2, 0.25) is 5.91 Å². The van der Waals surface area contributed by atoms with E-state index in [0.29, 0.717) is 0 Å². The molecule has 1 aliphatic heterocycles. The molecule has 0 aliphatic carbocycles. The van der Waals surface area contributed by atoms with Crippen LogP contribution in [-0.4, -0.2) is 38.2 Å². The minimum atomic E-state index is -0.0896. The monoisotopic (exact) mass is 381 g/mol. The molecule has 0 spiro atoms. The van der Waals surface area contributed by atoms with Crippen molar-refractivity contribution >= 4 is 22.9 Å². The minimum absolute atomic E-state index is 0.0665. The first-order chi connectivity index (χ1) is 13.2. The van der Waals surface area contributed by atoms with Crippen molar-refractivity contribution in [1.29, 1.82) is 0 Å². The van der Waals surface area contributed by atoms with Crippen LogP contribution in [0.4, 0.5) is 5.69 Å². The lowest BCUT2D eigenvalue weighted by Gasteiger charge is -2.23. The van der Waals surface area contributed by atoms with Crippen molar-refractivity contribution in [2.75, 3.05) is 11.9 Å². The van der Waals surface area contributed by atoms with Crippen LogP contribution in [0, 0.1) is 0 Å². The van der Waals surface area contributed by atoms with E-state index in [2.05, 4.69) is 33.4 Å². The summed E-state index contributed by atoms with van der Waals surface area (Å²) in [6, 6.07) is 7.79. The van der Waals surface area contributed by atoms with Gasteiger partial charge in [0, 0.05) is 41.5 Å². The predicted octanol–water partition coefficient (Wildman–Crippen LogP) is 3.63. The molecule has 27 heavy (non-hydrogen) atoms. The number of carbonyl (C=O) groups is 1. The fourth-order valence-corrected chi connectivity index (χ4v) is 4.07. The quantitative estimate of drug-likeness (QED) is 0.708. The van der Waals surface area contributed by atoms with Gasteiger partial charge < -0.3 is 5.32 Å². The number of hydrogen-bond acceptors (Lipinski definition) is 5. The summed E-state index contributed by atoms with van der Waals surface area (Å²) in [6.45, 7) is 4.64. The van der Waals surface area contributed by atoms with Gasteiger partial charge in [0.1, 0.15) is 0 Å². The summed E-state index contributed by atoms with van der Waals surface area (Å²) < 4.78 is 1.92. The van der Waals surface area contributed by atoms with Crippen LogP contribution >= 0.6 is 11.3 Å². The van der Waals surface area contributed by atoms with Crippen molar-refractivity contribution in [3.8, 4) is 11.3 Å². The van der Waals surface area contributed by atoms with Gasteiger partial charge in [-0.25, -0.2) is 4.98 Å². The third-order valence-corrected chi connectivity index (χ3v) is 5.53. The molecule has 1 fully saturated rings. The van der Waals surface area contributed by atoms with E-state index >= 15 is 0 Å². The average Bonchev–Trinajstić information content (AvgIpc) is 3.44. The van der Waals surface area contributed by atoms with Crippen molar-refractivity contribution in [2.45, 2.75) is 38.9 Å². The van der Waals surface area contributed by atoms with Gasteiger partial charge in [-0.2, -0.15) is 5.10 Å². The number of hydrogen-bond donors (Lipinski definition) is 1. The second-order valence-electron chi connectivity index (χ2n) is 6.77. The molecule has 6 nitrogen and oxygen atoms in total. The molecule has 4 rings (SSSR count).